The molecule has 0 saturated carbocycles. The summed E-state index contributed by atoms with van der Waals surface area (Å²) < 4.78 is 6.33. The number of ether oxygens (including phenoxy) is 1. The first-order chi connectivity index (χ1) is 10.5. The van der Waals surface area contributed by atoms with Crippen molar-refractivity contribution in [1.82, 2.24) is 14.9 Å². The molecule has 0 aliphatic carbocycles. The lowest BCUT2D eigenvalue weighted by molar-refractivity contribution is -0.138. The number of halogens is 1. The lowest BCUT2D eigenvalue weighted by Gasteiger charge is -2.35. The highest BCUT2D eigenvalue weighted by atomic mass is 79.9. The van der Waals surface area contributed by atoms with E-state index in [2.05, 4.69) is 31.2 Å². The molecule has 1 fully saturated rings. The van der Waals surface area contributed by atoms with Crippen LogP contribution in [0.15, 0.2) is 28.6 Å². The SMILES string of the molecule is CC1CN(C(=O)/C(C#N)=C\Nc2ncc(Br)cn2)CC(C)O1. The highest BCUT2D eigenvalue weighted by Crippen LogP contribution is 2.14. The van der Waals surface area contributed by atoms with E-state index in [9.17, 15) is 10.1 Å². The second kappa shape index (κ2) is 7.33. The van der Waals surface area contributed by atoms with E-state index in [-0.39, 0.29) is 23.7 Å². The molecule has 1 amide bonds. The monoisotopic (exact) mass is 365 g/mol. The molecule has 8 heteroatoms. The predicted octanol–water partition coefficient (Wildman–Crippen LogP) is 1.69. The van der Waals surface area contributed by atoms with Crippen LogP contribution in [0.5, 0.6) is 0 Å². The minimum Gasteiger partial charge on any atom is -0.372 e. The summed E-state index contributed by atoms with van der Waals surface area (Å²) in [6.07, 6.45) is 4.38. The quantitative estimate of drug-likeness (QED) is 0.647. The van der Waals surface area contributed by atoms with Gasteiger partial charge >= 0.3 is 0 Å². The number of nitrogens with one attached hydrogen (secondary N) is 1. The summed E-state index contributed by atoms with van der Waals surface area (Å²) in [6.45, 7) is 4.74. The summed E-state index contributed by atoms with van der Waals surface area (Å²) in [4.78, 5) is 22.0. The fraction of sp³-hybridized carbons (Fsp3) is 0.429. The number of carbonyl (C=O) groups is 1. The fourth-order valence-electron chi connectivity index (χ4n) is 2.18. The van der Waals surface area contributed by atoms with Gasteiger partial charge in [0.05, 0.1) is 16.7 Å². The first-order valence-corrected chi connectivity index (χ1v) is 7.58. The van der Waals surface area contributed by atoms with Crippen molar-refractivity contribution in [2.45, 2.75) is 26.1 Å². The molecule has 0 bridgehead atoms. The van der Waals surface area contributed by atoms with E-state index >= 15 is 0 Å². The van der Waals surface area contributed by atoms with Crippen molar-refractivity contribution in [3.05, 3.63) is 28.6 Å². The molecule has 2 unspecified atom stereocenters. The number of nitriles is 1. The second-order valence-electron chi connectivity index (χ2n) is 5.01. The maximum absolute atomic E-state index is 12.4. The van der Waals surface area contributed by atoms with Gasteiger partial charge in [0.15, 0.2) is 0 Å². The smallest absolute Gasteiger partial charge is 0.266 e. The van der Waals surface area contributed by atoms with Crippen LogP contribution < -0.4 is 5.32 Å². The molecule has 22 heavy (non-hydrogen) atoms. The zero-order valence-electron chi connectivity index (χ0n) is 12.3. The summed E-state index contributed by atoms with van der Waals surface area (Å²) in [7, 11) is 0. The average Bonchev–Trinajstić information content (AvgIpc) is 2.48. The van der Waals surface area contributed by atoms with Crippen LogP contribution >= 0.6 is 15.9 Å². The maximum atomic E-state index is 12.4. The highest BCUT2D eigenvalue weighted by Gasteiger charge is 2.27. The van der Waals surface area contributed by atoms with Crippen molar-refractivity contribution >= 4 is 27.8 Å². The van der Waals surface area contributed by atoms with E-state index in [1.807, 2.05) is 19.9 Å². The van der Waals surface area contributed by atoms with Crippen molar-refractivity contribution in [2.75, 3.05) is 18.4 Å². The van der Waals surface area contributed by atoms with Crippen LogP contribution in [-0.4, -0.2) is 46.1 Å². The molecule has 1 aliphatic heterocycles. The van der Waals surface area contributed by atoms with Crippen LogP contribution in [0, 0.1) is 11.3 Å². The number of rotatable bonds is 3. The molecule has 7 nitrogen and oxygen atoms in total. The molecule has 2 atom stereocenters. The van der Waals surface area contributed by atoms with Crippen LogP contribution in [-0.2, 0) is 9.53 Å². The van der Waals surface area contributed by atoms with Crippen LogP contribution in [0.3, 0.4) is 0 Å². The Balaban J connectivity index is 2.06. The molecule has 1 aromatic rings. The maximum Gasteiger partial charge on any atom is 0.266 e. The largest absolute Gasteiger partial charge is 0.372 e. The summed E-state index contributed by atoms with van der Waals surface area (Å²) in [5.41, 5.74) is 0.00724. The summed E-state index contributed by atoms with van der Waals surface area (Å²) in [6, 6.07) is 1.91. The van der Waals surface area contributed by atoms with Gasteiger partial charge in [-0.05, 0) is 29.8 Å². The Bertz CT molecular complexity index is 601. The molecule has 1 N–H and O–H groups in total. The third kappa shape index (κ3) is 4.26. The second-order valence-corrected chi connectivity index (χ2v) is 5.92. The van der Waals surface area contributed by atoms with Gasteiger partial charge in [0.2, 0.25) is 5.95 Å². The van der Waals surface area contributed by atoms with Gasteiger partial charge in [0.25, 0.3) is 5.91 Å². The normalized spacial score (nSPS) is 22.1. The minimum atomic E-state index is -0.325. The Morgan fingerprint density at radius 3 is 2.59 bits per heavy atom. The van der Waals surface area contributed by atoms with Crippen LogP contribution in [0.4, 0.5) is 5.95 Å². The van der Waals surface area contributed by atoms with E-state index < -0.39 is 0 Å². The molecule has 116 valence electrons. The van der Waals surface area contributed by atoms with E-state index in [0.717, 1.165) is 4.47 Å². The van der Waals surface area contributed by atoms with Crippen LogP contribution in [0.1, 0.15) is 13.8 Å². The van der Waals surface area contributed by atoms with Crippen molar-refractivity contribution in [2.24, 2.45) is 0 Å². The molecule has 2 heterocycles. The highest BCUT2D eigenvalue weighted by molar-refractivity contribution is 9.10. The molecule has 0 radical (unpaired) electrons. The zero-order chi connectivity index (χ0) is 16.1. The lowest BCUT2D eigenvalue weighted by Crippen LogP contribution is -2.48. The number of nitrogens with zero attached hydrogens (tertiary/aromatic N) is 4. The van der Waals surface area contributed by atoms with Gasteiger partial charge in [-0.25, -0.2) is 9.97 Å². The zero-order valence-corrected chi connectivity index (χ0v) is 13.9. The van der Waals surface area contributed by atoms with Gasteiger partial charge in [-0.3, -0.25) is 4.79 Å². The molecule has 1 aliphatic rings. The van der Waals surface area contributed by atoms with Crippen molar-refractivity contribution < 1.29 is 9.53 Å². The standard InChI is InChI=1S/C14H16BrN5O2/c1-9-7-20(8-10(2)22-9)13(21)11(3-16)4-17-14-18-5-12(15)6-19-14/h4-6,9-10H,7-8H2,1-2H3,(H,17,18,19)/b11-4-. The summed E-state index contributed by atoms with van der Waals surface area (Å²) in [5, 5.41) is 12.0. The number of anilines is 1. The molecule has 2 rings (SSSR count). The van der Waals surface area contributed by atoms with E-state index in [1.165, 1.54) is 6.20 Å². The first-order valence-electron chi connectivity index (χ1n) is 6.78. The summed E-state index contributed by atoms with van der Waals surface area (Å²) >= 11 is 3.23. The number of carbonyl (C=O) groups excluding carboxylic acids is 1. The van der Waals surface area contributed by atoms with Crippen molar-refractivity contribution in [3.8, 4) is 6.07 Å². The van der Waals surface area contributed by atoms with E-state index in [0.29, 0.717) is 19.0 Å². The van der Waals surface area contributed by atoms with Gasteiger partial charge < -0.3 is 15.0 Å². The Kier molecular flexibility index (Phi) is 5.46. The molecule has 1 aromatic heterocycles. The molecule has 0 spiro atoms. The van der Waals surface area contributed by atoms with Gasteiger partial charge in [-0.1, -0.05) is 0 Å². The Morgan fingerprint density at radius 2 is 2.05 bits per heavy atom. The van der Waals surface area contributed by atoms with Gasteiger partial charge in [-0.2, -0.15) is 5.26 Å². The van der Waals surface area contributed by atoms with E-state index in [1.54, 1.807) is 17.3 Å². The Labute approximate surface area is 137 Å². The van der Waals surface area contributed by atoms with Crippen LogP contribution in [0.25, 0.3) is 0 Å². The molecule has 0 aromatic carbocycles. The third-order valence-corrected chi connectivity index (χ3v) is 3.43. The number of amides is 1. The molecular formula is C14H16BrN5O2. The Hall–Kier alpha value is -1.98. The Morgan fingerprint density at radius 1 is 1.45 bits per heavy atom. The predicted molar refractivity (Wildman–Crippen MR) is 83.6 cm³/mol. The number of hydrogen-bond donors (Lipinski definition) is 1. The minimum absolute atomic E-state index is 0.00724. The average molecular weight is 366 g/mol. The molecular weight excluding hydrogens is 350 g/mol. The summed E-state index contributed by atoms with van der Waals surface area (Å²) in [5.74, 6) is -0.0124. The van der Waals surface area contributed by atoms with E-state index in [4.69, 9.17) is 4.74 Å². The van der Waals surface area contributed by atoms with Crippen LogP contribution in [0.2, 0.25) is 0 Å². The number of aromatic nitrogens is 2. The fourth-order valence-corrected chi connectivity index (χ4v) is 2.38. The molecule has 1 saturated heterocycles. The van der Waals surface area contributed by atoms with Crippen molar-refractivity contribution in [1.29, 1.82) is 5.26 Å². The van der Waals surface area contributed by atoms with Gasteiger partial charge in [0.1, 0.15) is 11.6 Å². The van der Waals surface area contributed by atoms with Gasteiger partial charge in [0, 0.05) is 31.7 Å². The number of hydrogen-bond acceptors (Lipinski definition) is 6. The topological polar surface area (TPSA) is 91.1 Å². The van der Waals surface area contributed by atoms with Gasteiger partial charge in [-0.15, -0.1) is 0 Å². The first kappa shape index (κ1) is 16.4. The van der Waals surface area contributed by atoms with Crippen molar-refractivity contribution in [3.63, 3.8) is 0 Å². The third-order valence-electron chi connectivity index (χ3n) is 3.02. The number of morpholine rings is 1. The lowest BCUT2D eigenvalue weighted by atomic mass is 10.2.